The Morgan fingerprint density at radius 1 is 1.29 bits per heavy atom. The molecule has 1 aromatic heterocycles. The molecule has 2 rings (SSSR count). The lowest BCUT2D eigenvalue weighted by atomic mass is 10.0. The Morgan fingerprint density at radius 2 is 2.18 bits per heavy atom. The molecule has 0 saturated heterocycles. The zero-order valence-corrected chi connectivity index (χ0v) is 11.0. The molecule has 0 fully saturated rings. The number of unbranched alkanes of at least 4 members (excludes halogenated alkanes) is 3. The molecule has 1 unspecified atom stereocenters. The predicted octanol–water partition coefficient (Wildman–Crippen LogP) is 4.06. The second-order valence-corrected chi connectivity index (χ2v) is 4.85. The third-order valence-corrected chi connectivity index (χ3v) is 3.63. The van der Waals surface area contributed by atoms with Gasteiger partial charge in [-0.3, -0.25) is 0 Å². The molecule has 0 radical (unpaired) electrons. The number of aromatic nitrogens is 2. The number of nitrogens with zero attached hydrogens (tertiary/aromatic N) is 3. The van der Waals surface area contributed by atoms with Gasteiger partial charge >= 0.3 is 0 Å². The molecule has 1 aromatic rings. The summed E-state index contributed by atoms with van der Waals surface area (Å²) >= 11 is 0. The van der Waals surface area contributed by atoms with Crippen molar-refractivity contribution in [2.24, 2.45) is 4.99 Å². The highest BCUT2D eigenvalue weighted by Crippen LogP contribution is 2.28. The lowest BCUT2D eigenvalue weighted by Crippen LogP contribution is -2.10. The van der Waals surface area contributed by atoms with Crippen LogP contribution in [0.5, 0.6) is 0 Å². The molecule has 17 heavy (non-hydrogen) atoms. The number of hydrogen-bond acceptors (Lipinski definition) is 2. The first kappa shape index (κ1) is 12.3. The number of aliphatic imine (C=N–C) groups is 1. The Balaban J connectivity index is 1.93. The minimum atomic E-state index is 0.616. The van der Waals surface area contributed by atoms with Gasteiger partial charge in [0, 0.05) is 18.7 Å². The Bertz CT molecular complexity index is 379. The summed E-state index contributed by atoms with van der Waals surface area (Å²) in [6, 6.07) is 0.616. The zero-order chi connectivity index (χ0) is 12.1. The molecule has 3 nitrogen and oxygen atoms in total. The first-order valence-corrected chi connectivity index (χ1v) is 6.95. The van der Waals surface area contributed by atoms with E-state index in [-0.39, 0.29) is 0 Å². The van der Waals surface area contributed by atoms with Gasteiger partial charge in [0.15, 0.2) is 5.82 Å². The highest BCUT2D eigenvalue weighted by atomic mass is 15.1. The van der Waals surface area contributed by atoms with E-state index in [4.69, 9.17) is 0 Å². The second-order valence-electron chi connectivity index (χ2n) is 4.85. The van der Waals surface area contributed by atoms with Gasteiger partial charge in [-0.1, -0.05) is 39.5 Å². The van der Waals surface area contributed by atoms with E-state index in [0.717, 1.165) is 12.2 Å². The molecular formula is C14H23N3. The Morgan fingerprint density at radius 3 is 2.94 bits per heavy atom. The lowest BCUT2D eigenvalue weighted by Gasteiger charge is -2.18. The largest absolute Gasteiger partial charge is 0.329 e. The molecule has 0 N–H and O–H groups in total. The average Bonchev–Trinajstić information content (AvgIpc) is 2.92. The maximum atomic E-state index is 4.38. The van der Waals surface area contributed by atoms with Crippen molar-refractivity contribution in [3.05, 3.63) is 12.0 Å². The summed E-state index contributed by atoms with van der Waals surface area (Å²) in [6.07, 6.45) is 12.7. The summed E-state index contributed by atoms with van der Waals surface area (Å²) < 4.78 is 2.36. The van der Waals surface area contributed by atoms with Crippen LogP contribution >= 0.6 is 0 Å². The second kappa shape index (κ2) is 5.99. The van der Waals surface area contributed by atoms with Crippen LogP contribution in [0.2, 0.25) is 0 Å². The maximum absolute atomic E-state index is 4.38. The van der Waals surface area contributed by atoms with Crippen LogP contribution in [0.4, 0.5) is 5.82 Å². The van der Waals surface area contributed by atoms with Crippen LogP contribution in [0.25, 0.3) is 0 Å². The number of imidazole rings is 1. The van der Waals surface area contributed by atoms with Crippen LogP contribution in [-0.4, -0.2) is 15.8 Å². The van der Waals surface area contributed by atoms with Gasteiger partial charge in [0.1, 0.15) is 0 Å². The summed E-state index contributed by atoms with van der Waals surface area (Å²) in [5.41, 5.74) is 1.31. The topological polar surface area (TPSA) is 30.2 Å². The molecular weight excluding hydrogens is 210 g/mol. The third kappa shape index (κ3) is 2.76. The van der Waals surface area contributed by atoms with E-state index >= 15 is 0 Å². The van der Waals surface area contributed by atoms with Crippen LogP contribution in [0.3, 0.4) is 0 Å². The summed E-state index contributed by atoms with van der Waals surface area (Å²) in [5, 5.41) is 0. The van der Waals surface area contributed by atoms with E-state index < -0.39 is 0 Å². The first-order chi connectivity index (χ1) is 8.36. The van der Waals surface area contributed by atoms with E-state index in [0.29, 0.717) is 6.04 Å². The van der Waals surface area contributed by atoms with Crippen molar-refractivity contribution in [3.8, 4) is 0 Å². The van der Waals surface area contributed by atoms with E-state index in [1.54, 1.807) is 0 Å². The molecule has 1 aliphatic rings. The molecule has 0 aromatic carbocycles. The van der Waals surface area contributed by atoms with Gasteiger partial charge in [0.25, 0.3) is 0 Å². The van der Waals surface area contributed by atoms with E-state index in [1.165, 1.54) is 44.2 Å². The van der Waals surface area contributed by atoms with Crippen LogP contribution in [0.15, 0.2) is 11.3 Å². The number of hydrogen-bond donors (Lipinski definition) is 0. The van der Waals surface area contributed by atoms with Crippen molar-refractivity contribution in [2.75, 3.05) is 0 Å². The van der Waals surface area contributed by atoms with Crippen LogP contribution in [0, 0.1) is 0 Å². The van der Waals surface area contributed by atoms with Gasteiger partial charge in [-0.05, 0) is 12.8 Å². The molecule has 0 bridgehead atoms. The first-order valence-electron chi connectivity index (χ1n) is 6.95. The standard InChI is InChI=1S/C14H23N3/c1-3-5-6-7-8-12(4-2)17-11-16-14-13(17)9-10-15-14/h10-12H,3-9H2,1-2H3. The van der Waals surface area contributed by atoms with Gasteiger partial charge < -0.3 is 4.57 Å². The number of fused-ring (bicyclic) bond motifs is 1. The smallest absolute Gasteiger partial charge is 0.173 e. The third-order valence-electron chi connectivity index (χ3n) is 3.63. The van der Waals surface area contributed by atoms with Gasteiger partial charge in [-0.15, -0.1) is 0 Å². The van der Waals surface area contributed by atoms with Crippen molar-refractivity contribution in [1.29, 1.82) is 0 Å². The minimum absolute atomic E-state index is 0.616. The molecule has 1 aliphatic heterocycles. The van der Waals surface area contributed by atoms with E-state index in [9.17, 15) is 0 Å². The summed E-state index contributed by atoms with van der Waals surface area (Å²) in [4.78, 5) is 8.66. The average molecular weight is 233 g/mol. The van der Waals surface area contributed by atoms with Crippen molar-refractivity contribution >= 4 is 12.0 Å². The van der Waals surface area contributed by atoms with Crippen LogP contribution in [0.1, 0.15) is 64.1 Å². The highest BCUT2D eigenvalue weighted by molar-refractivity contribution is 5.72. The van der Waals surface area contributed by atoms with E-state index in [2.05, 4.69) is 28.4 Å². The van der Waals surface area contributed by atoms with Crippen molar-refractivity contribution in [3.63, 3.8) is 0 Å². The Hall–Kier alpha value is -1.12. The van der Waals surface area contributed by atoms with Crippen molar-refractivity contribution < 1.29 is 0 Å². The highest BCUT2D eigenvalue weighted by Gasteiger charge is 2.18. The molecule has 94 valence electrons. The molecule has 1 atom stereocenters. The summed E-state index contributed by atoms with van der Waals surface area (Å²) in [5.74, 6) is 0.942. The number of rotatable bonds is 7. The fourth-order valence-corrected chi connectivity index (χ4v) is 2.56. The molecule has 2 heterocycles. The Labute approximate surface area is 104 Å². The van der Waals surface area contributed by atoms with Gasteiger partial charge in [0.05, 0.1) is 12.0 Å². The minimum Gasteiger partial charge on any atom is -0.329 e. The van der Waals surface area contributed by atoms with Crippen molar-refractivity contribution in [2.45, 2.75) is 64.8 Å². The van der Waals surface area contributed by atoms with Crippen molar-refractivity contribution in [1.82, 2.24) is 9.55 Å². The van der Waals surface area contributed by atoms with Gasteiger partial charge in [-0.25, -0.2) is 9.98 Å². The van der Waals surface area contributed by atoms with Gasteiger partial charge in [-0.2, -0.15) is 0 Å². The Kier molecular flexibility index (Phi) is 4.35. The summed E-state index contributed by atoms with van der Waals surface area (Å²) in [7, 11) is 0. The maximum Gasteiger partial charge on any atom is 0.173 e. The molecule has 0 spiro atoms. The molecule has 0 saturated carbocycles. The van der Waals surface area contributed by atoms with Crippen LogP contribution in [-0.2, 0) is 6.42 Å². The lowest BCUT2D eigenvalue weighted by molar-refractivity contribution is 0.421. The fraction of sp³-hybridized carbons (Fsp3) is 0.714. The summed E-state index contributed by atoms with van der Waals surface area (Å²) in [6.45, 7) is 4.53. The quantitative estimate of drug-likeness (QED) is 0.653. The van der Waals surface area contributed by atoms with Crippen LogP contribution < -0.4 is 0 Å². The monoisotopic (exact) mass is 233 g/mol. The zero-order valence-electron chi connectivity index (χ0n) is 11.0. The molecule has 0 amide bonds. The SMILES string of the molecule is CCCCCCC(CC)n1cnc2c1CC=N2. The fourth-order valence-electron chi connectivity index (χ4n) is 2.56. The van der Waals surface area contributed by atoms with E-state index in [1.807, 2.05) is 12.5 Å². The van der Waals surface area contributed by atoms with Gasteiger partial charge in [0.2, 0.25) is 0 Å². The normalized spacial score (nSPS) is 15.2. The molecule has 0 aliphatic carbocycles. The molecule has 3 heteroatoms. The predicted molar refractivity (Wildman–Crippen MR) is 72.2 cm³/mol.